The summed E-state index contributed by atoms with van der Waals surface area (Å²) in [7, 11) is 0. The average molecular weight is 369 g/mol. The molecule has 21 heavy (non-hydrogen) atoms. The van der Waals surface area contributed by atoms with Crippen LogP contribution in [0.5, 0.6) is 0 Å². The number of hydrogen-bond acceptors (Lipinski definition) is 4. The van der Waals surface area contributed by atoms with E-state index in [-0.39, 0.29) is 17.6 Å². The molecule has 0 aromatic rings. The Labute approximate surface area is 144 Å². The zero-order valence-electron chi connectivity index (χ0n) is 14.8. The summed E-state index contributed by atoms with van der Waals surface area (Å²) in [5.41, 5.74) is 0. The van der Waals surface area contributed by atoms with Crippen LogP contribution in [0, 0.1) is 0 Å². The van der Waals surface area contributed by atoms with Crippen LogP contribution in [0.1, 0.15) is 79.1 Å². The van der Waals surface area contributed by atoms with Gasteiger partial charge in [-0.3, -0.25) is 0 Å². The van der Waals surface area contributed by atoms with E-state index < -0.39 is 0 Å². The molecule has 0 unspecified atom stereocenters. The monoisotopic (exact) mass is 370 g/mol. The Morgan fingerprint density at radius 3 is 0.571 bits per heavy atom. The molecule has 132 valence electrons. The fourth-order valence-electron chi connectivity index (χ4n) is 0.632. The van der Waals surface area contributed by atoms with Crippen molar-refractivity contribution in [2.24, 2.45) is 0 Å². The normalized spacial score (nSPS) is 8.00. The van der Waals surface area contributed by atoms with Crippen molar-refractivity contribution in [2.45, 2.75) is 79.1 Å². The fourth-order valence-corrected chi connectivity index (χ4v) is 0.632. The van der Waals surface area contributed by atoms with Gasteiger partial charge in [-0.25, -0.2) is 0 Å². The van der Waals surface area contributed by atoms with Crippen LogP contribution in [0.4, 0.5) is 0 Å². The quantitative estimate of drug-likeness (QED) is 0.496. The molecule has 5 heteroatoms. The molecule has 4 radical (unpaired) electrons. The third kappa shape index (κ3) is 98.0. The van der Waals surface area contributed by atoms with Gasteiger partial charge >= 0.3 is 0 Å². The summed E-state index contributed by atoms with van der Waals surface area (Å²) in [5, 5.41) is 32.3. The predicted octanol–water partition coefficient (Wildman–Crippen LogP) is 2.73. The molecule has 4 N–H and O–H groups in total. The summed E-state index contributed by atoms with van der Waals surface area (Å²) in [6, 6.07) is 0. The molecule has 0 aliphatic rings. The smallest absolute Gasteiger partial charge is 0.0430 e. The van der Waals surface area contributed by atoms with Crippen LogP contribution in [0.15, 0.2) is 0 Å². The largest absolute Gasteiger partial charge is 0.396 e. The first-order valence-electron chi connectivity index (χ1n) is 8.09. The Bertz CT molecular complexity index is 74.3. The minimum atomic E-state index is 0. The second-order valence-electron chi connectivity index (χ2n) is 4.31. The zero-order valence-corrected chi connectivity index (χ0v) is 16.9. The van der Waals surface area contributed by atoms with Gasteiger partial charge in [0.05, 0.1) is 0 Å². The van der Waals surface area contributed by atoms with Crippen LogP contribution in [-0.4, -0.2) is 64.5 Å². The molecule has 0 amide bonds. The Morgan fingerprint density at radius 1 is 0.429 bits per heavy atom. The molecular weight excluding hydrogens is 329 g/mol. The molecule has 0 aliphatic carbocycles. The molecule has 4 nitrogen and oxygen atoms in total. The number of aliphatic hydroxyl groups excluding tert-OH is 4. The molecule has 0 aromatic heterocycles. The molecule has 0 saturated heterocycles. The van der Waals surface area contributed by atoms with E-state index in [0.717, 1.165) is 51.4 Å². The van der Waals surface area contributed by atoms with Crippen LogP contribution in [0.3, 0.4) is 0 Å². The molecule has 0 spiro atoms. The maximum Gasteiger partial charge on any atom is 0.0430 e. The Balaban J connectivity index is -0.0000000533. The first-order chi connectivity index (χ1) is 9.66. The molecule has 0 atom stereocenters. The second-order valence-corrected chi connectivity index (χ2v) is 4.31. The SMILES string of the molecule is CCCCO.CCCCO.CCCCO.CCCCO.[Ge]. The van der Waals surface area contributed by atoms with E-state index in [2.05, 4.69) is 27.7 Å². The van der Waals surface area contributed by atoms with E-state index >= 15 is 0 Å². The fraction of sp³-hybridized carbons (Fsp3) is 1.00. The van der Waals surface area contributed by atoms with E-state index in [1.165, 1.54) is 0 Å². The summed E-state index contributed by atoms with van der Waals surface area (Å²) in [6.07, 6.45) is 8.15. The first-order valence-corrected chi connectivity index (χ1v) is 8.09. The van der Waals surface area contributed by atoms with Gasteiger partial charge in [0.15, 0.2) is 0 Å². The zero-order chi connectivity index (χ0) is 16.5. The maximum atomic E-state index is 8.07. The summed E-state index contributed by atoms with van der Waals surface area (Å²) >= 11 is 0. The second kappa shape index (κ2) is 49.9. The third-order valence-electron chi connectivity index (χ3n) is 2.05. The third-order valence-corrected chi connectivity index (χ3v) is 2.05. The molecule has 0 rings (SSSR count). The van der Waals surface area contributed by atoms with Gasteiger partial charge in [-0.2, -0.15) is 0 Å². The van der Waals surface area contributed by atoms with Crippen molar-refractivity contribution in [2.75, 3.05) is 26.4 Å². The molecule has 0 aromatic carbocycles. The van der Waals surface area contributed by atoms with Gasteiger partial charge in [0.2, 0.25) is 0 Å². The minimum Gasteiger partial charge on any atom is -0.396 e. The Kier molecular flexibility index (Phi) is 78.7. The standard InChI is InChI=1S/4C4H10O.Ge/c4*1-2-3-4-5;/h4*5H,2-4H2,1H3;. The molecular formula is C16H40GeO4. The van der Waals surface area contributed by atoms with E-state index in [0.29, 0.717) is 26.4 Å². The summed E-state index contributed by atoms with van der Waals surface area (Å²) in [5.74, 6) is 0. The first kappa shape index (κ1) is 33.1. The Hall–Kier alpha value is 0.383. The van der Waals surface area contributed by atoms with Crippen LogP contribution in [-0.2, 0) is 0 Å². The summed E-state index contributed by atoms with van der Waals surface area (Å²) in [6.45, 7) is 9.58. The van der Waals surface area contributed by atoms with Crippen LogP contribution < -0.4 is 0 Å². The number of hydrogen-bond donors (Lipinski definition) is 4. The van der Waals surface area contributed by atoms with Crippen LogP contribution in [0.25, 0.3) is 0 Å². The van der Waals surface area contributed by atoms with Gasteiger partial charge in [0.1, 0.15) is 0 Å². The van der Waals surface area contributed by atoms with Crippen molar-refractivity contribution < 1.29 is 20.4 Å². The van der Waals surface area contributed by atoms with Crippen molar-refractivity contribution in [1.82, 2.24) is 0 Å². The van der Waals surface area contributed by atoms with E-state index in [1.807, 2.05) is 0 Å². The maximum absolute atomic E-state index is 8.07. The van der Waals surface area contributed by atoms with Crippen molar-refractivity contribution >= 4 is 17.6 Å². The van der Waals surface area contributed by atoms with E-state index in [4.69, 9.17) is 20.4 Å². The van der Waals surface area contributed by atoms with Gasteiger partial charge in [0, 0.05) is 44.0 Å². The van der Waals surface area contributed by atoms with E-state index in [9.17, 15) is 0 Å². The minimum absolute atomic E-state index is 0. The van der Waals surface area contributed by atoms with Gasteiger partial charge in [-0.05, 0) is 25.7 Å². The predicted molar refractivity (Wildman–Crippen MR) is 93.7 cm³/mol. The molecule has 0 aliphatic heterocycles. The summed E-state index contributed by atoms with van der Waals surface area (Å²) < 4.78 is 0. The number of aliphatic hydroxyl groups is 4. The summed E-state index contributed by atoms with van der Waals surface area (Å²) in [4.78, 5) is 0. The van der Waals surface area contributed by atoms with Crippen molar-refractivity contribution in [3.8, 4) is 0 Å². The van der Waals surface area contributed by atoms with Crippen LogP contribution in [0.2, 0.25) is 0 Å². The number of rotatable bonds is 8. The Morgan fingerprint density at radius 2 is 0.571 bits per heavy atom. The molecule has 0 bridgehead atoms. The van der Waals surface area contributed by atoms with Crippen LogP contribution >= 0.6 is 0 Å². The van der Waals surface area contributed by atoms with Crippen molar-refractivity contribution in [1.29, 1.82) is 0 Å². The molecule has 0 saturated carbocycles. The average Bonchev–Trinajstić information content (AvgIpc) is 2.44. The van der Waals surface area contributed by atoms with Gasteiger partial charge < -0.3 is 20.4 Å². The van der Waals surface area contributed by atoms with Gasteiger partial charge in [-0.1, -0.05) is 53.4 Å². The van der Waals surface area contributed by atoms with Gasteiger partial charge in [0.25, 0.3) is 0 Å². The van der Waals surface area contributed by atoms with Crippen molar-refractivity contribution in [3.63, 3.8) is 0 Å². The molecule has 0 heterocycles. The number of unbranched alkanes of at least 4 members (excludes halogenated alkanes) is 4. The van der Waals surface area contributed by atoms with E-state index in [1.54, 1.807) is 0 Å². The molecule has 0 fully saturated rings. The topological polar surface area (TPSA) is 80.9 Å². The van der Waals surface area contributed by atoms with Gasteiger partial charge in [-0.15, -0.1) is 0 Å². The van der Waals surface area contributed by atoms with Crippen molar-refractivity contribution in [3.05, 3.63) is 0 Å².